The van der Waals surface area contributed by atoms with Crippen LogP contribution in [-0.2, 0) is 0 Å². The molecule has 1 fully saturated rings. The predicted molar refractivity (Wildman–Crippen MR) is 75.4 cm³/mol. The van der Waals surface area contributed by atoms with Crippen molar-refractivity contribution in [2.45, 2.75) is 58.9 Å². The maximum absolute atomic E-state index is 13.3. The van der Waals surface area contributed by atoms with E-state index in [0.29, 0.717) is 11.5 Å². The lowest BCUT2D eigenvalue weighted by Crippen LogP contribution is -2.19. The van der Waals surface area contributed by atoms with E-state index in [-0.39, 0.29) is 5.82 Å². The zero-order valence-electron chi connectivity index (χ0n) is 11.7. The van der Waals surface area contributed by atoms with Crippen LogP contribution in [0.15, 0.2) is 18.2 Å². The molecule has 1 aliphatic carbocycles. The van der Waals surface area contributed by atoms with Crippen molar-refractivity contribution in [2.75, 3.05) is 5.32 Å². The maximum atomic E-state index is 13.3. The number of anilines is 1. The van der Waals surface area contributed by atoms with Crippen LogP contribution < -0.4 is 5.32 Å². The molecule has 0 aromatic heterocycles. The van der Waals surface area contributed by atoms with Crippen molar-refractivity contribution in [1.82, 2.24) is 0 Å². The second-order valence-electron chi connectivity index (χ2n) is 6.40. The smallest absolute Gasteiger partial charge is 0.125 e. The van der Waals surface area contributed by atoms with Crippen LogP contribution in [0.5, 0.6) is 0 Å². The number of aryl methyl sites for hydroxylation is 1. The molecule has 1 aliphatic rings. The molecule has 0 amide bonds. The summed E-state index contributed by atoms with van der Waals surface area (Å²) in [6.07, 6.45) is 6.19. The normalized spacial score (nSPS) is 23.4. The number of halogens is 1. The lowest BCUT2D eigenvalue weighted by atomic mass is 9.85. The third-order valence-electron chi connectivity index (χ3n) is 4.13. The van der Waals surface area contributed by atoms with Crippen molar-refractivity contribution < 1.29 is 4.39 Å². The van der Waals surface area contributed by atoms with Gasteiger partial charge in [0.2, 0.25) is 0 Å². The number of nitrogens with one attached hydrogen (secondary N) is 1. The second-order valence-corrected chi connectivity index (χ2v) is 6.40. The van der Waals surface area contributed by atoms with E-state index >= 15 is 0 Å². The van der Waals surface area contributed by atoms with Gasteiger partial charge in [0.1, 0.15) is 5.82 Å². The van der Waals surface area contributed by atoms with Crippen LogP contribution in [0.3, 0.4) is 0 Å². The quantitative estimate of drug-likeness (QED) is 0.735. The molecular weight excluding hydrogens is 225 g/mol. The van der Waals surface area contributed by atoms with Crippen LogP contribution in [-0.4, -0.2) is 6.04 Å². The lowest BCUT2D eigenvalue weighted by Gasteiger charge is -2.23. The monoisotopic (exact) mass is 249 g/mol. The highest BCUT2D eigenvalue weighted by molar-refractivity contribution is 5.51. The Bertz CT molecular complexity index is 412. The molecule has 2 rings (SSSR count). The minimum atomic E-state index is -0.156. The van der Waals surface area contributed by atoms with Crippen LogP contribution in [0.1, 0.15) is 51.5 Å². The molecule has 18 heavy (non-hydrogen) atoms. The Kier molecular flexibility index (Phi) is 3.94. The van der Waals surface area contributed by atoms with Crippen LogP contribution in [0.4, 0.5) is 10.1 Å². The molecule has 0 spiro atoms. The first-order chi connectivity index (χ1) is 8.46. The summed E-state index contributed by atoms with van der Waals surface area (Å²) in [4.78, 5) is 0. The third-order valence-corrected chi connectivity index (χ3v) is 4.13. The summed E-state index contributed by atoms with van der Waals surface area (Å²) in [5.74, 6) is -0.156. The Morgan fingerprint density at radius 3 is 2.78 bits per heavy atom. The van der Waals surface area contributed by atoms with Crippen molar-refractivity contribution in [3.8, 4) is 0 Å². The minimum Gasteiger partial charge on any atom is -0.382 e. The van der Waals surface area contributed by atoms with Crippen LogP contribution in [0, 0.1) is 18.2 Å². The fourth-order valence-corrected chi connectivity index (χ4v) is 2.78. The largest absolute Gasteiger partial charge is 0.382 e. The molecule has 2 heteroatoms. The van der Waals surface area contributed by atoms with Crippen molar-refractivity contribution >= 4 is 5.69 Å². The highest BCUT2D eigenvalue weighted by atomic mass is 19.1. The molecule has 0 heterocycles. The molecule has 1 aromatic rings. The second kappa shape index (κ2) is 5.29. The van der Waals surface area contributed by atoms with E-state index in [1.165, 1.54) is 38.2 Å². The van der Waals surface area contributed by atoms with Gasteiger partial charge in [0.05, 0.1) is 0 Å². The summed E-state index contributed by atoms with van der Waals surface area (Å²) in [5, 5.41) is 3.53. The Hall–Kier alpha value is -1.05. The topological polar surface area (TPSA) is 12.0 Å². The summed E-state index contributed by atoms with van der Waals surface area (Å²) in [6, 6.07) is 5.48. The molecule has 0 aliphatic heterocycles. The Labute approximate surface area is 110 Å². The summed E-state index contributed by atoms with van der Waals surface area (Å²) in [7, 11) is 0. The molecule has 0 radical (unpaired) electrons. The molecular formula is C16H24FN. The average Bonchev–Trinajstić information content (AvgIpc) is 2.46. The summed E-state index contributed by atoms with van der Waals surface area (Å²) < 4.78 is 13.3. The van der Waals surface area contributed by atoms with Crippen LogP contribution >= 0.6 is 0 Å². The molecule has 1 nitrogen and oxygen atoms in total. The van der Waals surface area contributed by atoms with E-state index in [4.69, 9.17) is 0 Å². The number of hydrogen-bond acceptors (Lipinski definition) is 1. The molecule has 1 atom stereocenters. The Balaban J connectivity index is 2.03. The fraction of sp³-hybridized carbons (Fsp3) is 0.625. The lowest BCUT2D eigenvalue weighted by molar-refractivity contribution is 0.313. The first kappa shape index (κ1) is 13.4. The van der Waals surface area contributed by atoms with E-state index in [1.54, 1.807) is 6.07 Å². The fourth-order valence-electron chi connectivity index (χ4n) is 2.78. The average molecular weight is 249 g/mol. The van der Waals surface area contributed by atoms with Gasteiger partial charge in [0.25, 0.3) is 0 Å². The first-order valence-corrected chi connectivity index (χ1v) is 6.99. The van der Waals surface area contributed by atoms with Gasteiger partial charge in [0, 0.05) is 11.7 Å². The van der Waals surface area contributed by atoms with Gasteiger partial charge in [-0.05, 0) is 55.7 Å². The highest BCUT2D eigenvalue weighted by Gasteiger charge is 2.24. The molecule has 1 unspecified atom stereocenters. The van der Waals surface area contributed by atoms with E-state index < -0.39 is 0 Å². The standard InChI is InChI=1S/C16H24FN/c1-12-6-7-13(17)11-15(12)18-14-5-4-9-16(2,3)10-8-14/h6-7,11,14,18H,4-5,8-10H2,1-3H3. The van der Waals surface area contributed by atoms with Gasteiger partial charge in [-0.3, -0.25) is 0 Å². The van der Waals surface area contributed by atoms with Gasteiger partial charge in [-0.15, -0.1) is 0 Å². The van der Waals surface area contributed by atoms with Crippen LogP contribution in [0.2, 0.25) is 0 Å². The van der Waals surface area contributed by atoms with Gasteiger partial charge in [-0.2, -0.15) is 0 Å². The van der Waals surface area contributed by atoms with E-state index in [2.05, 4.69) is 19.2 Å². The summed E-state index contributed by atoms with van der Waals surface area (Å²) in [5.41, 5.74) is 2.55. The number of rotatable bonds is 2. The van der Waals surface area contributed by atoms with Gasteiger partial charge in [0.15, 0.2) is 0 Å². The van der Waals surface area contributed by atoms with Gasteiger partial charge in [-0.25, -0.2) is 4.39 Å². The molecule has 1 aromatic carbocycles. The van der Waals surface area contributed by atoms with E-state index in [0.717, 1.165) is 11.3 Å². The van der Waals surface area contributed by atoms with Crippen molar-refractivity contribution in [3.63, 3.8) is 0 Å². The minimum absolute atomic E-state index is 0.156. The van der Waals surface area contributed by atoms with Crippen molar-refractivity contribution in [2.24, 2.45) is 5.41 Å². The molecule has 100 valence electrons. The molecule has 0 saturated heterocycles. The summed E-state index contributed by atoms with van der Waals surface area (Å²) >= 11 is 0. The first-order valence-electron chi connectivity index (χ1n) is 6.99. The number of hydrogen-bond donors (Lipinski definition) is 1. The van der Waals surface area contributed by atoms with Crippen molar-refractivity contribution in [3.05, 3.63) is 29.6 Å². The zero-order chi connectivity index (χ0) is 13.2. The highest BCUT2D eigenvalue weighted by Crippen LogP contribution is 2.34. The van der Waals surface area contributed by atoms with Gasteiger partial charge >= 0.3 is 0 Å². The number of benzene rings is 1. The molecule has 1 N–H and O–H groups in total. The summed E-state index contributed by atoms with van der Waals surface area (Å²) in [6.45, 7) is 6.73. The molecule has 0 bridgehead atoms. The Morgan fingerprint density at radius 1 is 1.22 bits per heavy atom. The van der Waals surface area contributed by atoms with Gasteiger partial charge in [-0.1, -0.05) is 26.3 Å². The van der Waals surface area contributed by atoms with Crippen molar-refractivity contribution in [1.29, 1.82) is 0 Å². The maximum Gasteiger partial charge on any atom is 0.125 e. The molecule has 1 saturated carbocycles. The third kappa shape index (κ3) is 3.47. The van der Waals surface area contributed by atoms with E-state index in [1.807, 2.05) is 13.0 Å². The Morgan fingerprint density at radius 2 is 2.00 bits per heavy atom. The SMILES string of the molecule is Cc1ccc(F)cc1NC1CCCC(C)(C)CC1. The van der Waals surface area contributed by atoms with E-state index in [9.17, 15) is 4.39 Å². The van der Waals surface area contributed by atoms with Gasteiger partial charge < -0.3 is 5.32 Å². The predicted octanol–water partition coefficient (Wildman–Crippen LogP) is 4.90. The zero-order valence-corrected chi connectivity index (χ0v) is 11.7. The van der Waals surface area contributed by atoms with Crippen LogP contribution in [0.25, 0.3) is 0 Å².